The smallest absolute Gasteiger partial charge is 0.276 e. The number of nitrogens with two attached hydrogens (primary N) is 1. The summed E-state index contributed by atoms with van der Waals surface area (Å²) in [6.45, 7) is 12.7. The molecule has 4 N–H and O–H groups in total. The SMILES string of the molecule is CCc1nc(C)sc1C(=O)Nc1nc2cc(C=O)cc(OC)c2n1C/C=C/Cn1c(NC(=O)c2cc(C)nn2CC)nc2cc(C(N)=O)cc(SCCCN3CCOCC3)c21. The molecule has 1 saturated heterocycles. The first-order valence-electron chi connectivity index (χ1n) is 20.1. The number of thioether (sulfide) groups is 1. The van der Waals surface area contributed by atoms with Crippen LogP contribution in [0.25, 0.3) is 22.1 Å². The average molecular weight is 868 g/mol. The minimum atomic E-state index is -0.582. The molecular weight excluding hydrogens is 819 g/mol. The molecule has 2 aromatic carbocycles. The Morgan fingerprint density at radius 3 is 2.28 bits per heavy atom. The monoisotopic (exact) mass is 867 g/mol. The van der Waals surface area contributed by atoms with E-state index in [0.717, 1.165) is 66.7 Å². The predicted octanol–water partition coefficient (Wildman–Crippen LogP) is 5.73. The number of carbonyl (C=O) groups excluding carboxylic acids is 4. The topological polar surface area (TPSA) is 206 Å². The summed E-state index contributed by atoms with van der Waals surface area (Å²) in [6.07, 6.45) is 6.06. The van der Waals surface area contributed by atoms with Gasteiger partial charge in [-0.15, -0.1) is 23.1 Å². The Balaban J connectivity index is 1.24. The summed E-state index contributed by atoms with van der Waals surface area (Å²) >= 11 is 2.92. The number of carbonyl (C=O) groups is 4. The molecule has 0 bridgehead atoms. The summed E-state index contributed by atoms with van der Waals surface area (Å²) in [5.41, 5.74) is 10.6. The highest BCUT2D eigenvalue weighted by atomic mass is 32.2. The van der Waals surface area contributed by atoms with Gasteiger partial charge in [0.1, 0.15) is 28.1 Å². The largest absolute Gasteiger partial charge is 0.494 e. The molecule has 61 heavy (non-hydrogen) atoms. The normalized spacial score (nSPS) is 13.4. The van der Waals surface area contributed by atoms with E-state index >= 15 is 0 Å². The molecule has 19 heteroatoms. The highest BCUT2D eigenvalue weighted by molar-refractivity contribution is 7.99. The lowest BCUT2D eigenvalue weighted by Gasteiger charge is -2.26. The third-order valence-electron chi connectivity index (χ3n) is 10.2. The van der Waals surface area contributed by atoms with E-state index in [9.17, 15) is 19.2 Å². The van der Waals surface area contributed by atoms with E-state index in [1.165, 1.54) is 18.4 Å². The Hall–Kier alpha value is -5.89. The quantitative estimate of drug-likeness (QED) is 0.0410. The Morgan fingerprint density at radius 2 is 1.62 bits per heavy atom. The number of anilines is 2. The first-order valence-corrected chi connectivity index (χ1v) is 21.9. The number of benzene rings is 2. The molecule has 320 valence electrons. The van der Waals surface area contributed by atoms with E-state index in [-0.39, 0.29) is 36.8 Å². The summed E-state index contributed by atoms with van der Waals surface area (Å²) < 4.78 is 16.6. The van der Waals surface area contributed by atoms with Gasteiger partial charge in [-0.1, -0.05) is 19.1 Å². The van der Waals surface area contributed by atoms with Crippen molar-refractivity contribution in [1.82, 2.24) is 38.8 Å². The average Bonchev–Trinajstić information content (AvgIpc) is 4.02. The summed E-state index contributed by atoms with van der Waals surface area (Å²) in [6, 6.07) is 8.43. The van der Waals surface area contributed by atoms with Crippen LogP contribution in [0.15, 0.2) is 47.4 Å². The van der Waals surface area contributed by atoms with Gasteiger partial charge >= 0.3 is 0 Å². The molecule has 0 saturated carbocycles. The fourth-order valence-electron chi connectivity index (χ4n) is 7.34. The van der Waals surface area contributed by atoms with Gasteiger partial charge in [-0.05, 0) is 76.2 Å². The molecule has 17 nitrogen and oxygen atoms in total. The van der Waals surface area contributed by atoms with Gasteiger partial charge in [0, 0.05) is 48.7 Å². The van der Waals surface area contributed by atoms with Crippen LogP contribution in [0, 0.1) is 13.8 Å². The molecule has 1 aliphatic rings. The molecule has 3 amide bonds. The zero-order chi connectivity index (χ0) is 43.2. The summed E-state index contributed by atoms with van der Waals surface area (Å²) in [5, 5.41) is 11.2. The number of aryl methyl sites for hydroxylation is 4. The van der Waals surface area contributed by atoms with Crippen molar-refractivity contribution in [3.8, 4) is 5.75 Å². The number of imidazole rings is 2. The number of aldehydes is 1. The van der Waals surface area contributed by atoms with E-state index in [1.807, 2.05) is 49.0 Å². The summed E-state index contributed by atoms with van der Waals surface area (Å²) in [7, 11) is 1.51. The maximum absolute atomic E-state index is 13.8. The zero-order valence-electron chi connectivity index (χ0n) is 34.8. The second kappa shape index (κ2) is 19.2. The van der Waals surface area contributed by atoms with Crippen LogP contribution >= 0.6 is 23.1 Å². The van der Waals surface area contributed by atoms with Gasteiger partial charge in [0.05, 0.1) is 53.3 Å². The number of hydrogen-bond acceptors (Lipinski definition) is 13. The van der Waals surface area contributed by atoms with Crippen molar-refractivity contribution in [3.05, 3.63) is 80.6 Å². The summed E-state index contributed by atoms with van der Waals surface area (Å²) in [4.78, 5) is 69.7. The molecule has 1 fully saturated rings. The molecule has 1 aliphatic heterocycles. The number of nitrogens with one attached hydrogen (secondary N) is 2. The molecule has 4 aromatic heterocycles. The first kappa shape index (κ1) is 43.2. The molecule has 7 rings (SSSR count). The lowest BCUT2D eigenvalue weighted by atomic mass is 10.2. The van der Waals surface area contributed by atoms with Gasteiger partial charge in [0.2, 0.25) is 17.8 Å². The lowest BCUT2D eigenvalue weighted by Crippen LogP contribution is -2.36. The number of amides is 3. The summed E-state index contributed by atoms with van der Waals surface area (Å²) in [5.74, 6) is 0.415. The standard InChI is InChI=1S/C42H49N11O6S2/c1-6-29-37(61-26(4)44-29)40(57)48-42-45-30-20-27(24-54)21-33(58-5)35(30)51(42)12-8-9-13-52-36-31(46-41(52)47-39(56)32-19-25(3)49-53(32)7-2)22-28(38(43)55)23-34(36)60-18-10-11-50-14-16-59-17-15-50/h8-9,19-24H,6-7,10-18H2,1-5H3,(H2,43,55)(H,45,48,57)(H,46,47,56)/b9-8+. The lowest BCUT2D eigenvalue weighted by molar-refractivity contribution is 0.0381. The van der Waals surface area contributed by atoms with E-state index in [4.69, 9.17) is 25.2 Å². The predicted molar refractivity (Wildman–Crippen MR) is 236 cm³/mol. The number of allylic oxidation sites excluding steroid dienone is 2. The Labute approximate surface area is 360 Å². The Kier molecular flexibility index (Phi) is 13.6. The molecular formula is C42H49N11O6S2. The van der Waals surface area contributed by atoms with Crippen LogP contribution in [0.4, 0.5) is 11.9 Å². The van der Waals surface area contributed by atoms with Gasteiger partial charge in [0.25, 0.3) is 11.8 Å². The molecule has 5 heterocycles. The number of morpholine rings is 1. The van der Waals surface area contributed by atoms with Crippen molar-refractivity contribution in [3.63, 3.8) is 0 Å². The third-order valence-corrected chi connectivity index (χ3v) is 12.4. The van der Waals surface area contributed by atoms with Crippen LogP contribution in [0.5, 0.6) is 5.75 Å². The molecule has 0 unspecified atom stereocenters. The Morgan fingerprint density at radius 1 is 0.934 bits per heavy atom. The number of fused-ring (bicyclic) bond motifs is 2. The van der Waals surface area contributed by atoms with Crippen LogP contribution in [0.1, 0.15) is 77.5 Å². The molecule has 0 atom stereocenters. The van der Waals surface area contributed by atoms with Gasteiger partial charge in [0.15, 0.2) is 0 Å². The number of aromatic nitrogens is 7. The number of primary amides is 1. The highest BCUT2D eigenvalue weighted by Gasteiger charge is 2.23. The van der Waals surface area contributed by atoms with Gasteiger partial charge < -0.3 is 24.3 Å². The maximum Gasteiger partial charge on any atom is 0.276 e. The number of thiazole rings is 1. The number of ether oxygens (including phenoxy) is 2. The second-order valence-corrected chi connectivity index (χ2v) is 16.7. The Bertz CT molecular complexity index is 2640. The third kappa shape index (κ3) is 9.54. The number of methoxy groups -OCH3 is 1. The van der Waals surface area contributed by atoms with Crippen LogP contribution in [0.3, 0.4) is 0 Å². The fraction of sp³-hybridized carbons (Fsp3) is 0.381. The molecule has 0 spiro atoms. The van der Waals surface area contributed by atoms with Crippen molar-refractivity contribution < 1.29 is 28.7 Å². The van der Waals surface area contributed by atoms with Crippen molar-refractivity contribution in [2.45, 2.75) is 65.1 Å². The maximum atomic E-state index is 13.8. The van der Waals surface area contributed by atoms with Crippen LogP contribution in [-0.4, -0.2) is 108 Å². The van der Waals surface area contributed by atoms with E-state index in [2.05, 4.69) is 25.6 Å². The van der Waals surface area contributed by atoms with Gasteiger partial charge in [-0.2, -0.15) is 5.10 Å². The van der Waals surface area contributed by atoms with E-state index in [0.29, 0.717) is 68.4 Å². The number of rotatable bonds is 18. The molecule has 0 aliphatic carbocycles. The number of hydrogen-bond donors (Lipinski definition) is 3. The molecule has 6 aromatic rings. The van der Waals surface area contributed by atoms with Crippen LogP contribution in [0.2, 0.25) is 0 Å². The minimum Gasteiger partial charge on any atom is -0.494 e. The number of nitrogens with zero attached hydrogens (tertiary/aromatic N) is 8. The highest BCUT2D eigenvalue weighted by Crippen LogP contribution is 2.34. The fourth-order valence-corrected chi connectivity index (χ4v) is 9.30. The van der Waals surface area contributed by atoms with Crippen molar-refractivity contribution in [2.75, 3.05) is 56.3 Å². The minimum absolute atomic E-state index is 0.240. The van der Waals surface area contributed by atoms with Crippen molar-refractivity contribution >= 4 is 81.1 Å². The van der Waals surface area contributed by atoms with Crippen molar-refractivity contribution in [2.24, 2.45) is 5.73 Å². The second-order valence-electron chi connectivity index (χ2n) is 14.4. The van der Waals surface area contributed by atoms with Crippen LogP contribution in [-0.2, 0) is 30.8 Å². The van der Waals surface area contributed by atoms with Crippen molar-refractivity contribution in [1.29, 1.82) is 0 Å². The van der Waals surface area contributed by atoms with Gasteiger partial charge in [-0.3, -0.25) is 39.4 Å². The van der Waals surface area contributed by atoms with Crippen LogP contribution < -0.4 is 21.1 Å². The zero-order valence-corrected chi connectivity index (χ0v) is 36.5. The van der Waals surface area contributed by atoms with Gasteiger partial charge in [-0.25, -0.2) is 15.0 Å². The first-order chi connectivity index (χ1) is 29.5. The molecule has 0 radical (unpaired) electrons. The van der Waals surface area contributed by atoms with E-state index < -0.39 is 5.91 Å². The van der Waals surface area contributed by atoms with E-state index in [1.54, 1.807) is 46.8 Å².